The van der Waals surface area contributed by atoms with Crippen LogP contribution in [0.3, 0.4) is 0 Å². The van der Waals surface area contributed by atoms with Crippen LogP contribution in [0.5, 0.6) is 5.75 Å². The van der Waals surface area contributed by atoms with Gasteiger partial charge in [0.15, 0.2) is 0 Å². The van der Waals surface area contributed by atoms with Crippen molar-refractivity contribution in [2.75, 3.05) is 6.61 Å². The lowest BCUT2D eigenvalue weighted by atomic mass is 9.78. The average Bonchev–Trinajstić information content (AvgIpc) is 2.97. The molecule has 0 spiro atoms. The molecule has 1 aliphatic heterocycles. The predicted octanol–water partition coefficient (Wildman–Crippen LogP) is 2.82. The Kier molecular flexibility index (Phi) is 3.59. The van der Waals surface area contributed by atoms with E-state index < -0.39 is 5.54 Å². The number of fused-ring (bicyclic) bond motifs is 1. The summed E-state index contributed by atoms with van der Waals surface area (Å²) in [6, 6.07) is 7.84. The lowest BCUT2D eigenvalue weighted by Gasteiger charge is -2.34. The number of nitrogens with zero attached hydrogens (tertiary/aromatic N) is 1. The number of hydrogen-bond donors (Lipinski definition) is 1. The predicted molar refractivity (Wildman–Crippen MR) is 79.1 cm³/mol. The normalized spacial score (nSPS) is 27.3. The maximum absolute atomic E-state index is 12.5. The van der Waals surface area contributed by atoms with E-state index in [9.17, 15) is 10.1 Å². The molecule has 21 heavy (non-hydrogen) atoms. The molecule has 0 radical (unpaired) electrons. The quantitative estimate of drug-likeness (QED) is 0.908. The number of hydrogen-bond acceptors (Lipinski definition) is 3. The van der Waals surface area contributed by atoms with E-state index >= 15 is 0 Å². The summed E-state index contributed by atoms with van der Waals surface area (Å²) in [5.41, 5.74) is 0.998. The van der Waals surface area contributed by atoms with Crippen molar-refractivity contribution in [3.8, 4) is 11.8 Å². The van der Waals surface area contributed by atoms with Gasteiger partial charge in [-0.15, -0.1) is 0 Å². The van der Waals surface area contributed by atoms with Gasteiger partial charge in [-0.1, -0.05) is 6.92 Å². The molecule has 0 aromatic heterocycles. The third-order valence-corrected chi connectivity index (χ3v) is 4.65. The number of ether oxygens (including phenoxy) is 1. The summed E-state index contributed by atoms with van der Waals surface area (Å²) >= 11 is 0. The van der Waals surface area contributed by atoms with Crippen molar-refractivity contribution < 1.29 is 9.53 Å². The van der Waals surface area contributed by atoms with Gasteiger partial charge in [0, 0.05) is 12.0 Å². The highest BCUT2D eigenvalue weighted by atomic mass is 16.5. The van der Waals surface area contributed by atoms with Crippen LogP contribution in [0.2, 0.25) is 0 Å². The molecule has 1 aromatic rings. The van der Waals surface area contributed by atoms with Crippen LogP contribution < -0.4 is 10.1 Å². The third-order valence-electron chi connectivity index (χ3n) is 4.65. The first kappa shape index (κ1) is 13.9. The zero-order valence-electron chi connectivity index (χ0n) is 12.3. The maximum atomic E-state index is 12.5. The first-order valence-corrected chi connectivity index (χ1v) is 7.61. The number of amides is 1. The summed E-state index contributed by atoms with van der Waals surface area (Å²) in [6.07, 6.45) is 4.31. The van der Waals surface area contributed by atoms with Gasteiger partial charge in [-0.3, -0.25) is 4.79 Å². The second-order valence-corrected chi connectivity index (χ2v) is 6.25. The topological polar surface area (TPSA) is 62.1 Å². The largest absolute Gasteiger partial charge is 0.493 e. The first-order valence-electron chi connectivity index (χ1n) is 7.61. The highest BCUT2D eigenvalue weighted by Crippen LogP contribution is 2.32. The van der Waals surface area contributed by atoms with Gasteiger partial charge in [0.1, 0.15) is 11.3 Å². The minimum atomic E-state index is -0.695. The number of rotatable bonds is 2. The lowest BCUT2D eigenvalue weighted by Crippen LogP contribution is -2.49. The molecule has 2 aliphatic rings. The zero-order valence-corrected chi connectivity index (χ0v) is 12.3. The Hall–Kier alpha value is -2.02. The van der Waals surface area contributed by atoms with E-state index in [0.29, 0.717) is 18.1 Å². The summed E-state index contributed by atoms with van der Waals surface area (Å²) in [7, 11) is 0. The van der Waals surface area contributed by atoms with Crippen molar-refractivity contribution in [3.63, 3.8) is 0 Å². The molecule has 110 valence electrons. The molecule has 1 aliphatic carbocycles. The van der Waals surface area contributed by atoms with Crippen molar-refractivity contribution in [1.29, 1.82) is 5.26 Å². The van der Waals surface area contributed by atoms with Crippen LogP contribution in [0.25, 0.3) is 0 Å². The zero-order chi connectivity index (χ0) is 14.9. The van der Waals surface area contributed by atoms with E-state index in [1.165, 1.54) is 0 Å². The summed E-state index contributed by atoms with van der Waals surface area (Å²) < 4.78 is 5.45. The summed E-state index contributed by atoms with van der Waals surface area (Å²) in [6.45, 7) is 2.88. The van der Waals surface area contributed by atoms with E-state index in [0.717, 1.165) is 43.4 Å². The molecule has 1 saturated carbocycles. The van der Waals surface area contributed by atoms with Gasteiger partial charge in [0.2, 0.25) is 0 Å². The van der Waals surface area contributed by atoms with Gasteiger partial charge < -0.3 is 10.1 Å². The lowest BCUT2D eigenvalue weighted by molar-refractivity contribution is 0.0894. The number of carbonyl (C=O) groups excluding carboxylic acids is 1. The molecule has 1 amide bonds. The number of benzene rings is 1. The average molecular weight is 284 g/mol. The Labute approximate surface area is 125 Å². The van der Waals surface area contributed by atoms with Crippen LogP contribution in [0.4, 0.5) is 0 Å². The molecular formula is C17H20N2O2. The van der Waals surface area contributed by atoms with E-state index in [-0.39, 0.29) is 5.91 Å². The van der Waals surface area contributed by atoms with E-state index in [4.69, 9.17) is 4.74 Å². The summed E-state index contributed by atoms with van der Waals surface area (Å²) in [5.74, 6) is 1.36. The van der Waals surface area contributed by atoms with Crippen LogP contribution in [-0.4, -0.2) is 18.1 Å². The van der Waals surface area contributed by atoms with Crippen LogP contribution >= 0.6 is 0 Å². The van der Waals surface area contributed by atoms with Crippen molar-refractivity contribution in [3.05, 3.63) is 29.3 Å². The first-order chi connectivity index (χ1) is 10.1. The van der Waals surface area contributed by atoms with Crippen molar-refractivity contribution in [2.24, 2.45) is 5.92 Å². The fourth-order valence-corrected chi connectivity index (χ4v) is 3.14. The fourth-order valence-electron chi connectivity index (χ4n) is 3.14. The van der Waals surface area contributed by atoms with E-state index in [2.05, 4.69) is 18.3 Å². The number of carbonyl (C=O) groups is 1. The Bertz CT molecular complexity index is 595. The number of nitriles is 1. The van der Waals surface area contributed by atoms with Crippen molar-refractivity contribution in [2.45, 2.75) is 44.6 Å². The number of nitrogens with one attached hydrogen (secondary N) is 1. The van der Waals surface area contributed by atoms with Crippen LogP contribution in [-0.2, 0) is 6.42 Å². The van der Waals surface area contributed by atoms with Gasteiger partial charge >= 0.3 is 0 Å². The molecule has 0 unspecified atom stereocenters. The second kappa shape index (κ2) is 5.40. The molecule has 4 nitrogen and oxygen atoms in total. The molecule has 0 bridgehead atoms. The molecule has 0 saturated heterocycles. The Morgan fingerprint density at radius 2 is 2.19 bits per heavy atom. The van der Waals surface area contributed by atoms with E-state index in [1.54, 1.807) is 6.07 Å². The van der Waals surface area contributed by atoms with Crippen LogP contribution in [0.15, 0.2) is 18.2 Å². The molecule has 1 aromatic carbocycles. The van der Waals surface area contributed by atoms with Crippen molar-refractivity contribution >= 4 is 5.91 Å². The molecule has 1 heterocycles. The highest BCUT2D eigenvalue weighted by Gasteiger charge is 2.36. The van der Waals surface area contributed by atoms with Crippen molar-refractivity contribution in [1.82, 2.24) is 5.32 Å². The molecule has 4 heteroatoms. The molecule has 1 N–H and O–H groups in total. The van der Waals surface area contributed by atoms with Gasteiger partial charge in [0.25, 0.3) is 5.91 Å². The monoisotopic (exact) mass is 284 g/mol. The molecular weight excluding hydrogens is 264 g/mol. The molecule has 1 fully saturated rings. The Morgan fingerprint density at radius 3 is 2.90 bits per heavy atom. The Morgan fingerprint density at radius 1 is 1.43 bits per heavy atom. The standard InChI is InChI=1S/C17H20N2O2/c1-12-4-7-17(11-18,8-5-12)19-16(20)14-2-3-15-13(10-14)6-9-21-15/h2-3,10,12H,4-9H2,1H3,(H,19,20). The SMILES string of the molecule is CC1CCC(C#N)(NC(=O)c2ccc3c(c2)CCO3)CC1. The molecule has 3 rings (SSSR count). The van der Waals surface area contributed by atoms with Crippen LogP contribution in [0.1, 0.15) is 48.5 Å². The summed E-state index contributed by atoms with van der Waals surface area (Å²) in [5, 5.41) is 12.5. The molecule has 0 atom stereocenters. The van der Waals surface area contributed by atoms with Crippen LogP contribution in [0, 0.1) is 17.2 Å². The third kappa shape index (κ3) is 2.73. The summed E-state index contributed by atoms with van der Waals surface area (Å²) in [4.78, 5) is 12.5. The fraction of sp³-hybridized carbons (Fsp3) is 0.529. The minimum absolute atomic E-state index is 0.152. The smallest absolute Gasteiger partial charge is 0.252 e. The van der Waals surface area contributed by atoms with Gasteiger partial charge in [-0.25, -0.2) is 0 Å². The van der Waals surface area contributed by atoms with Gasteiger partial charge in [-0.05, 0) is 55.4 Å². The Balaban J connectivity index is 1.75. The van der Waals surface area contributed by atoms with Gasteiger partial charge in [0.05, 0.1) is 12.7 Å². The minimum Gasteiger partial charge on any atom is -0.493 e. The second-order valence-electron chi connectivity index (χ2n) is 6.25. The highest BCUT2D eigenvalue weighted by molar-refractivity contribution is 5.95. The van der Waals surface area contributed by atoms with Gasteiger partial charge in [-0.2, -0.15) is 5.26 Å². The van der Waals surface area contributed by atoms with E-state index in [1.807, 2.05) is 12.1 Å². The maximum Gasteiger partial charge on any atom is 0.252 e.